The maximum atomic E-state index is 11.1. The first-order chi connectivity index (χ1) is 20.0. The molecule has 3 fully saturated rings. The molecule has 0 unspecified atom stereocenters. The van der Waals surface area contributed by atoms with Crippen LogP contribution in [0, 0.1) is 5.92 Å². The van der Waals surface area contributed by atoms with Gasteiger partial charge in [-0.25, -0.2) is 4.79 Å². The van der Waals surface area contributed by atoms with Crippen LogP contribution in [0.2, 0.25) is 0 Å². The smallest absolute Gasteiger partial charge is 0.352 e. The Morgan fingerprint density at radius 3 is 2.56 bits per heavy atom. The number of aromatic amines is 1. The van der Waals surface area contributed by atoms with Gasteiger partial charge in [-0.15, -0.1) is 24.8 Å². The first-order valence-corrected chi connectivity index (χ1v) is 15.2. The molecule has 234 valence electrons. The summed E-state index contributed by atoms with van der Waals surface area (Å²) in [5, 5.41) is 10.9. The number of furan rings is 1. The number of hydrogen-bond donors (Lipinski definition) is 3. The molecule has 7 rings (SSSR count). The van der Waals surface area contributed by atoms with Crippen LogP contribution in [0.1, 0.15) is 61.0 Å². The number of benzene rings is 2. The van der Waals surface area contributed by atoms with Gasteiger partial charge in [0.05, 0.1) is 6.26 Å². The highest BCUT2D eigenvalue weighted by molar-refractivity contribution is 5.96. The van der Waals surface area contributed by atoms with Gasteiger partial charge in [-0.3, -0.25) is 0 Å². The molecule has 0 radical (unpaired) electrons. The van der Waals surface area contributed by atoms with E-state index in [0.29, 0.717) is 18.4 Å². The third-order valence-corrected chi connectivity index (χ3v) is 9.15. The molecular formula is C33H44Cl2N4O4. The van der Waals surface area contributed by atoms with Gasteiger partial charge in [-0.1, -0.05) is 30.7 Å². The number of para-hydroxylation sites is 1. The number of halogens is 2. The number of nitrogens with zero attached hydrogens (tertiary/aromatic N) is 2. The van der Waals surface area contributed by atoms with Crippen LogP contribution >= 0.6 is 24.8 Å². The normalized spacial score (nSPS) is 21.2. The van der Waals surface area contributed by atoms with E-state index in [-0.39, 0.29) is 30.5 Å². The largest absolute Gasteiger partial charge is 0.488 e. The number of carboxylic acid groups (broad SMARTS) is 1. The highest BCUT2D eigenvalue weighted by Gasteiger charge is 2.34. The van der Waals surface area contributed by atoms with Gasteiger partial charge >= 0.3 is 5.97 Å². The Morgan fingerprint density at radius 2 is 1.74 bits per heavy atom. The first kappa shape index (κ1) is 33.1. The number of fused-ring (bicyclic) bond motifs is 3. The van der Waals surface area contributed by atoms with Crippen LogP contribution in [0.4, 0.5) is 0 Å². The van der Waals surface area contributed by atoms with Crippen molar-refractivity contribution in [2.45, 2.75) is 63.6 Å². The number of ether oxygens (including phenoxy) is 1. The standard InChI is InChI=1S/C18H13NO4.C15H29N3.2ClH/c20-18(21)15-8-13-14(19-15)5-3-7-17(13)23-10-11-9-22-16-6-2-1-4-12(11)16;16-14-6-10-17(11-7-14)12-13-4-3-9-18-8-2-1-5-15(13)18;;/h1-9,19H,10H2,(H,20,21);13-15H,1-12,16H2;2*1H/t;13-,15+;;/m.0../s1. The molecule has 0 aliphatic carbocycles. The van der Waals surface area contributed by atoms with Gasteiger partial charge in [0.1, 0.15) is 23.6 Å². The Morgan fingerprint density at radius 1 is 0.953 bits per heavy atom. The SMILES string of the molecule is Cl.Cl.NC1CCN(C[C@@H]2CCCN3CCCC[C@H]23)CC1.O=C(O)c1cc2c(OCc3coc4ccccc34)cccc2[nH]1. The number of piperidine rings is 3. The minimum Gasteiger partial charge on any atom is -0.488 e. The summed E-state index contributed by atoms with van der Waals surface area (Å²) in [6.45, 7) is 6.91. The van der Waals surface area contributed by atoms with E-state index in [9.17, 15) is 4.79 Å². The molecule has 0 bridgehead atoms. The van der Waals surface area contributed by atoms with E-state index < -0.39 is 5.97 Å². The molecule has 0 saturated carbocycles. The average Bonchev–Trinajstić information content (AvgIpc) is 3.63. The molecule has 4 N–H and O–H groups in total. The predicted molar refractivity (Wildman–Crippen MR) is 176 cm³/mol. The van der Waals surface area contributed by atoms with E-state index in [2.05, 4.69) is 14.8 Å². The van der Waals surface area contributed by atoms with Crippen molar-refractivity contribution in [1.29, 1.82) is 0 Å². The highest BCUT2D eigenvalue weighted by atomic mass is 35.5. The second-order valence-electron chi connectivity index (χ2n) is 11.9. The van der Waals surface area contributed by atoms with Crippen LogP contribution in [-0.4, -0.2) is 70.7 Å². The third-order valence-electron chi connectivity index (χ3n) is 9.15. The van der Waals surface area contributed by atoms with Gasteiger partial charge in [-0.2, -0.15) is 0 Å². The second-order valence-corrected chi connectivity index (χ2v) is 11.9. The molecule has 0 spiro atoms. The molecule has 3 aliphatic rings. The number of aromatic carboxylic acids is 1. The van der Waals surface area contributed by atoms with Crippen molar-refractivity contribution >= 4 is 52.7 Å². The number of aromatic nitrogens is 1. The number of H-pyrrole nitrogens is 1. The Kier molecular flexibility index (Phi) is 11.8. The van der Waals surface area contributed by atoms with Crippen molar-refractivity contribution in [1.82, 2.24) is 14.8 Å². The molecule has 2 atom stereocenters. The lowest BCUT2D eigenvalue weighted by molar-refractivity contribution is 0.0361. The zero-order chi connectivity index (χ0) is 28.2. The number of nitrogens with two attached hydrogens (primary N) is 1. The molecular weight excluding hydrogens is 587 g/mol. The monoisotopic (exact) mass is 630 g/mol. The minimum absolute atomic E-state index is 0. The number of nitrogens with one attached hydrogen (secondary N) is 1. The fourth-order valence-electron chi connectivity index (χ4n) is 6.93. The number of hydrogen-bond acceptors (Lipinski definition) is 6. The van der Waals surface area contributed by atoms with Crippen molar-refractivity contribution < 1.29 is 19.1 Å². The summed E-state index contributed by atoms with van der Waals surface area (Å²) in [6.07, 6.45) is 11.3. The second kappa shape index (κ2) is 15.3. The zero-order valence-corrected chi connectivity index (χ0v) is 26.2. The summed E-state index contributed by atoms with van der Waals surface area (Å²) in [7, 11) is 0. The highest BCUT2D eigenvalue weighted by Crippen LogP contribution is 2.32. The predicted octanol–water partition coefficient (Wildman–Crippen LogP) is 6.71. The molecule has 3 aliphatic heterocycles. The van der Waals surface area contributed by atoms with Crippen molar-refractivity contribution in [3.63, 3.8) is 0 Å². The molecule has 4 aromatic rings. The van der Waals surface area contributed by atoms with E-state index >= 15 is 0 Å². The molecule has 8 nitrogen and oxygen atoms in total. The van der Waals surface area contributed by atoms with Crippen molar-refractivity contribution in [3.05, 3.63) is 66.1 Å². The lowest BCUT2D eigenvalue weighted by atomic mass is 9.83. The molecule has 10 heteroatoms. The quantitative estimate of drug-likeness (QED) is 0.217. The Hall–Kier alpha value is -2.75. The van der Waals surface area contributed by atoms with Crippen molar-refractivity contribution in [2.24, 2.45) is 11.7 Å². The number of carboxylic acids is 1. The summed E-state index contributed by atoms with van der Waals surface area (Å²) in [5.74, 6) is 0.581. The Bertz CT molecular complexity index is 1460. The van der Waals surface area contributed by atoms with Crippen molar-refractivity contribution in [3.8, 4) is 5.75 Å². The molecule has 2 aromatic carbocycles. The summed E-state index contributed by atoms with van der Waals surface area (Å²) in [4.78, 5) is 19.4. The fraction of sp³-hybridized carbons (Fsp3) is 0.485. The number of rotatable bonds is 6. The fourth-order valence-corrected chi connectivity index (χ4v) is 6.93. The Labute approximate surface area is 265 Å². The van der Waals surface area contributed by atoms with Crippen molar-refractivity contribution in [2.75, 3.05) is 32.7 Å². The van der Waals surface area contributed by atoms with E-state index in [1.807, 2.05) is 42.5 Å². The molecule has 5 heterocycles. The van der Waals surface area contributed by atoms with Gasteiger partial charge in [0.15, 0.2) is 0 Å². The lowest BCUT2D eigenvalue weighted by Gasteiger charge is -2.46. The van der Waals surface area contributed by atoms with E-state index in [1.54, 1.807) is 12.3 Å². The van der Waals surface area contributed by atoms with Crippen LogP contribution in [0.5, 0.6) is 5.75 Å². The Balaban J connectivity index is 0.000000193. The summed E-state index contributed by atoms with van der Waals surface area (Å²) in [5.41, 5.74) is 8.65. The minimum atomic E-state index is -0.993. The van der Waals surface area contributed by atoms with Gasteiger partial charge < -0.3 is 34.8 Å². The molecule has 43 heavy (non-hydrogen) atoms. The van der Waals surface area contributed by atoms with E-state index in [0.717, 1.165) is 39.4 Å². The number of likely N-dealkylation sites (tertiary alicyclic amines) is 1. The number of carbonyl (C=O) groups is 1. The summed E-state index contributed by atoms with van der Waals surface area (Å²) in [6, 6.07) is 16.2. The van der Waals surface area contributed by atoms with Gasteiger partial charge in [0.25, 0.3) is 0 Å². The maximum Gasteiger partial charge on any atom is 0.352 e. The average molecular weight is 632 g/mol. The lowest BCUT2D eigenvalue weighted by Crippen LogP contribution is -2.52. The van der Waals surface area contributed by atoms with Gasteiger partial charge in [0, 0.05) is 40.5 Å². The summed E-state index contributed by atoms with van der Waals surface area (Å²) < 4.78 is 11.4. The molecule has 3 saturated heterocycles. The van der Waals surface area contributed by atoms with Crippen LogP contribution in [0.15, 0.2) is 59.2 Å². The van der Waals surface area contributed by atoms with Crippen LogP contribution in [-0.2, 0) is 6.61 Å². The summed E-state index contributed by atoms with van der Waals surface area (Å²) >= 11 is 0. The zero-order valence-electron chi connectivity index (χ0n) is 24.6. The van der Waals surface area contributed by atoms with Gasteiger partial charge in [0.2, 0.25) is 0 Å². The topological polar surface area (TPSA) is 108 Å². The van der Waals surface area contributed by atoms with Gasteiger partial charge in [-0.05, 0) is 94.9 Å². The van der Waals surface area contributed by atoms with Crippen LogP contribution in [0.25, 0.3) is 21.9 Å². The van der Waals surface area contributed by atoms with Crippen LogP contribution in [0.3, 0.4) is 0 Å². The molecule has 0 amide bonds. The maximum absolute atomic E-state index is 11.1. The first-order valence-electron chi connectivity index (χ1n) is 15.2. The molecule has 2 aromatic heterocycles. The van der Waals surface area contributed by atoms with Crippen LogP contribution < -0.4 is 10.5 Å². The van der Waals surface area contributed by atoms with E-state index in [1.165, 1.54) is 77.7 Å². The van der Waals surface area contributed by atoms with E-state index in [4.69, 9.17) is 20.0 Å². The third kappa shape index (κ3) is 7.86.